The summed E-state index contributed by atoms with van der Waals surface area (Å²) >= 11 is 7.58. The molecule has 0 radical (unpaired) electrons. The Balaban J connectivity index is 2.41. The molecule has 1 N–H and O–H groups in total. The number of phenolic OH excluding ortho intramolecular Hbond substituents is 1. The van der Waals surface area contributed by atoms with Crippen LogP contribution in [0.1, 0.15) is 31.2 Å². The average molecular weight is 341 g/mol. The van der Waals surface area contributed by atoms with E-state index in [2.05, 4.69) is 15.3 Å². The van der Waals surface area contributed by atoms with Gasteiger partial charge in [0.1, 0.15) is 0 Å². The van der Waals surface area contributed by atoms with E-state index < -0.39 is 0 Å². The first-order valence-corrected chi connectivity index (χ1v) is 8.19. The first-order valence-electron chi connectivity index (χ1n) is 6.58. The molecule has 1 heterocycles. The van der Waals surface area contributed by atoms with E-state index in [4.69, 9.17) is 16.3 Å². The SMILES string of the molecule is COc1ccc(/C=N\n2c(SC)nnc2C(C)C)c(Cl)c1O. The van der Waals surface area contributed by atoms with E-state index in [0.717, 1.165) is 5.82 Å². The smallest absolute Gasteiger partial charge is 0.211 e. The van der Waals surface area contributed by atoms with Gasteiger partial charge in [0.2, 0.25) is 5.16 Å². The first kappa shape index (κ1) is 16.6. The summed E-state index contributed by atoms with van der Waals surface area (Å²) in [5.74, 6) is 1.16. The van der Waals surface area contributed by atoms with Crippen LogP contribution in [0, 0.1) is 0 Å². The number of rotatable bonds is 5. The second-order valence-electron chi connectivity index (χ2n) is 4.78. The number of hydrogen-bond donors (Lipinski definition) is 1. The molecule has 0 saturated heterocycles. The molecule has 0 aliphatic rings. The largest absolute Gasteiger partial charge is 0.503 e. The molecule has 8 heteroatoms. The van der Waals surface area contributed by atoms with E-state index in [1.807, 2.05) is 20.1 Å². The van der Waals surface area contributed by atoms with Gasteiger partial charge in [0, 0.05) is 11.5 Å². The molecule has 2 rings (SSSR count). The van der Waals surface area contributed by atoms with Crippen LogP contribution in [0.3, 0.4) is 0 Å². The number of nitrogens with zero attached hydrogens (tertiary/aromatic N) is 4. The minimum absolute atomic E-state index is 0.106. The molecule has 0 atom stereocenters. The van der Waals surface area contributed by atoms with Crippen LogP contribution in [0.25, 0.3) is 0 Å². The molecular weight excluding hydrogens is 324 g/mol. The fourth-order valence-electron chi connectivity index (χ4n) is 1.82. The third-order valence-electron chi connectivity index (χ3n) is 2.98. The van der Waals surface area contributed by atoms with Gasteiger partial charge in [-0.1, -0.05) is 37.2 Å². The minimum Gasteiger partial charge on any atom is -0.503 e. The zero-order chi connectivity index (χ0) is 16.3. The lowest BCUT2D eigenvalue weighted by atomic mass is 10.2. The van der Waals surface area contributed by atoms with E-state index in [0.29, 0.717) is 16.5 Å². The lowest BCUT2D eigenvalue weighted by Gasteiger charge is -2.08. The van der Waals surface area contributed by atoms with Crippen LogP contribution in [-0.4, -0.2) is 39.6 Å². The van der Waals surface area contributed by atoms with Gasteiger partial charge < -0.3 is 9.84 Å². The third-order valence-corrected chi connectivity index (χ3v) is 3.99. The molecule has 0 aliphatic heterocycles. The van der Waals surface area contributed by atoms with Crippen LogP contribution in [0.2, 0.25) is 5.02 Å². The summed E-state index contributed by atoms with van der Waals surface area (Å²) in [6, 6.07) is 3.36. The molecule has 0 fully saturated rings. The Hall–Kier alpha value is -1.73. The first-order chi connectivity index (χ1) is 10.5. The maximum Gasteiger partial charge on any atom is 0.211 e. The van der Waals surface area contributed by atoms with Gasteiger partial charge >= 0.3 is 0 Å². The van der Waals surface area contributed by atoms with Crippen molar-refractivity contribution >= 4 is 29.6 Å². The van der Waals surface area contributed by atoms with Crippen LogP contribution in [0.5, 0.6) is 11.5 Å². The molecule has 0 unspecified atom stereocenters. The van der Waals surface area contributed by atoms with E-state index in [1.165, 1.54) is 18.9 Å². The van der Waals surface area contributed by atoms with Gasteiger partial charge in [-0.3, -0.25) is 0 Å². The Bertz CT molecular complexity index is 700. The van der Waals surface area contributed by atoms with Crippen molar-refractivity contribution in [1.29, 1.82) is 0 Å². The normalized spacial score (nSPS) is 11.5. The second-order valence-corrected chi connectivity index (χ2v) is 5.93. The van der Waals surface area contributed by atoms with Crippen molar-refractivity contribution in [2.45, 2.75) is 24.9 Å². The fraction of sp³-hybridized carbons (Fsp3) is 0.357. The Morgan fingerprint density at radius 1 is 1.41 bits per heavy atom. The van der Waals surface area contributed by atoms with Crippen molar-refractivity contribution in [1.82, 2.24) is 14.9 Å². The molecule has 1 aromatic heterocycles. The fourth-order valence-corrected chi connectivity index (χ4v) is 2.46. The van der Waals surface area contributed by atoms with Gasteiger partial charge in [0.15, 0.2) is 17.3 Å². The molecule has 118 valence electrons. The number of ether oxygens (including phenoxy) is 1. The number of benzene rings is 1. The quantitative estimate of drug-likeness (QED) is 0.667. The van der Waals surface area contributed by atoms with Crippen LogP contribution in [-0.2, 0) is 0 Å². The molecule has 0 bridgehead atoms. The Labute approximate surface area is 138 Å². The molecule has 0 saturated carbocycles. The highest BCUT2D eigenvalue weighted by atomic mass is 35.5. The molecule has 22 heavy (non-hydrogen) atoms. The van der Waals surface area contributed by atoms with Crippen molar-refractivity contribution in [3.8, 4) is 11.5 Å². The number of hydrogen-bond acceptors (Lipinski definition) is 6. The molecule has 6 nitrogen and oxygen atoms in total. The van der Waals surface area contributed by atoms with Gasteiger partial charge in [-0.25, -0.2) is 0 Å². The van der Waals surface area contributed by atoms with Crippen molar-refractivity contribution in [3.05, 3.63) is 28.5 Å². The lowest BCUT2D eigenvalue weighted by molar-refractivity contribution is 0.373. The monoisotopic (exact) mass is 340 g/mol. The maximum absolute atomic E-state index is 9.92. The zero-order valence-electron chi connectivity index (χ0n) is 12.7. The van der Waals surface area contributed by atoms with Crippen LogP contribution in [0.15, 0.2) is 22.4 Å². The molecule has 0 aliphatic carbocycles. The highest BCUT2D eigenvalue weighted by molar-refractivity contribution is 7.98. The zero-order valence-corrected chi connectivity index (χ0v) is 14.3. The molecule has 0 amide bonds. The molecule has 2 aromatic rings. The number of aromatic hydroxyl groups is 1. The number of phenols is 1. The Kier molecular flexibility index (Phi) is 5.31. The molecular formula is C14H17ClN4O2S. The van der Waals surface area contributed by atoms with Crippen molar-refractivity contribution < 1.29 is 9.84 Å². The van der Waals surface area contributed by atoms with Crippen LogP contribution >= 0.6 is 23.4 Å². The number of aromatic nitrogens is 3. The number of methoxy groups -OCH3 is 1. The van der Waals surface area contributed by atoms with E-state index in [1.54, 1.807) is 23.0 Å². The van der Waals surface area contributed by atoms with E-state index in [-0.39, 0.29) is 16.7 Å². The van der Waals surface area contributed by atoms with Gasteiger partial charge in [0.25, 0.3) is 0 Å². The average Bonchev–Trinajstić information content (AvgIpc) is 2.92. The highest BCUT2D eigenvalue weighted by Gasteiger charge is 2.14. The van der Waals surface area contributed by atoms with Crippen LogP contribution < -0.4 is 4.74 Å². The van der Waals surface area contributed by atoms with Crippen LogP contribution in [0.4, 0.5) is 0 Å². The van der Waals surface area contributed by atoms with Gasteiger partial charge in [-0.15, -0.1) is 10.2 Å². The van der Waals surface area contributed by atoms with Crippen molar-refractivity contribution in [3.63, 3.8) is 0 Å². The summed E-state index contributed by atoms with van der Waals surface area (Å²) < 4.78 is 6.68. The maximum atomic E-state index is 9.92. The summed E-state index contributed by atoms with van der Waals surface area (Å²) in [6.45, 7) is 4.04. The number of thioether (sulfide) groups is 1. The lowest BCUT2D eigenvalue weighted by Crippen LogP contribution is -2.02. The van der Waals surface area contributed by atoms with Crippen molar-refractivity contribution in [2.24, 2.45) is 5.10 Å². The number of halogens is 1. The summed E-state index contributed by atoms with van der Waals surface area (Å²) in [6.07, 6.45) is 3.47. The van der Waals surface area contributed by atoms with E-state index >= 15 is 0 Å². The Morgan fingerprint density at radius 2 is 2.14 bits per heavy atom. The topological polar surface area (TPSA) is 72.5 Å². The van der Waals surface area contributed by atoms with Gasteiger partial charge in [-0.05, 0) is 18.4 Å². The van der Waals surface area contributed by atoms with Gasteiger partial charge in [-0.2, -0.15) is 9.78 Å². The highest BCUT2D eigenvalue weighted by Crippen LogP contribution is 2.35. The van der Waals surface area contributed by atoms with Crippen molar-refractivity contribution in [2.75, 3.05) is 13.4 Å². The van der Waals surface area contributed by atoms with Gasteiger partial charge in [0.05, 0.1) is 18.3 Å². The Morgan fingerprint density at radius 3 is 2.73 bits per heavy atom. The second kappa shape index (κ2) is 7.02. The molecule has 0 spiro atoms. The summed E-state index contributed by atoms with van der Waals surface area (Å²) in [5.41, 5.74) is 0.579. The summed E-state index contributed by atoms with van der Waals surface area (Å²) in [7, 11) is 1.47. The minimum atomic E-state index is -0.106. The molecule has 1 aromatic carbocycles. The third kappa shape index (κ3) is 3.20. The van der Waals surface area contributed by atoms with E-state index in [9.17, 15) is 5.11 Å². The standard InChI is InChI=1S/C14H17ClN4O2S/c1-8(2)13-17-18-14(22-4)19(13)16-7-9-5-6-10(21-3)12(20)11(9)15/h5-8,20H,1-4H3/b16-7-. The predicted molar refractivity (Wildman–Crippen MR) is 88.6 cm³/mol. The summed E-state index contributed by atoms with van der Waals surface area (Å²) in [4.78, 5) is 0. The predicted octanol–water partition coefficient (Wildman–Crippen LogP) is 3.37. The summed E-state index contributed by atoms with van der Waals surface area (Å²) in [5, 5.41) is 23.4.